The van der Waals surface area contributed by atoms with Crippen LogP contribution < -0.4 is 15.4 Å². The maximum Gasteiger partial charge on any atom is 0.191 e. The molecule has 0 fully saturated rings. The lowest BCUT2D eigenvalue weighted by Gasteiger charge is -2.32. The molecule has 0 aliphatic rings. The van der Waals surface area contributed by atoms with Gasteiger partial charge < -0.3 is 25.2 Å². The first-order chi connectivity index (χ1) is 13.1. The molecule has 0 bridgehead atoms. The van der Waals surface area contributed by atoms with E-state index in [-0.39, 0.29) is 36.0 Å². The Morgan fingerprint density at radius 1 is 1.07 bits per heavy atom. The number of hydrogen-bond donors (Lipinski definition) is 3. The quantitative estimate of drug-likeness (QED) is 0.165. The van der Waals surface area contributed by atoms with Crippen LogP contribution in [-0.2, 0) is 11.3 Å². The number of hydrogen-bond acceptors (Lipinski definition) is 4. The molecule has 0 atom stereocenters. The third kappa shape index (κ3) is 9.93. The number of rotatable bonds is 13. The van der Waals surface area contributed by atoms with Crippen LogP contribution in [0.4, 0.5) is 0 Å². The molecule has 0 aromatic heterocycles. The Balaban J connectivity index is 0.00000729. The predicted octanol–water partition coefficient (Wildman–Crippen LogP) is 3.57. The number of aliphatic imine (C=N–C) groups is 1. The standard InChI is InChI=1S/C21H37N3O3.HI/c1-5-21(6-2,12-13-25)17-24-20(22-7-3)23-16-18-8-10-19(11-9-18)27-15-14-26-4;/h8-11,25H,5-7,12-17H2,1-4H3,(H2,22,23,24);1H. The fraction of sp³-hybridized carbons (Fsp3) is 0.667. The van der Waals surface area contributed by atoms with Crippen LogP contribution in [0.15, 0.2) is 29.3 Å². The van der Waals surface area contributed by atoms with Gasteiger partial charge in [-0.2, -0.15) is 0 Å². The second-order valence-electron chi connectivity index (χ2n) is 6.71. The first kappa shape index (κ1) is 26.9. The minimum Gasteiger partial charge on any atom is -0.491 e. The van der Waals surface area contributed by atoms with Crippen molar-refractivity contribution in [1.29, 1.82) is 0 Å². The topological polar surface area (TPSA) is 75.1 Å². The molecule has 0 heterocycles. The molecule has 28 heavy (non-hydrogen) atoms. The molecule has 1 aromatic carbocycles. The molecule has 0 saturated heterocycles. The summed E-state index contributed by atoms with van der Waals surface area (Å²) in [4.78, 5) is 4.69. The van der Waals surface area contributed by atoms with E-state index in [4.69, 9.17) is 14.5 Å². The Morgan fingerprint density at radius 2 is 1.75 bits per heavy atom. The lowest BCUT2D eigenvalue weighted by atomic mass is 9.79. The van der Waals surface area contributed by atoms with Crippen LogP contribution >= 0.6 is 24.0 Å². The molecule has 3 N–H and O–H groups in total. The van der Waals surface area contributed by atoms with Crippen LogP contribution in [0.25, 0.3) is 0 Å². The van der Waals surface area contributed by atoms with Crippen molar-refractivity contribution in [3.63, 3.8) is 0 Å². The van der Waals surface area contributed by atoms with Crippen LogP contribution in [0, 0.1) is 5.41 Å². The molecule has 1 aromatic rings. The summed E-state index contributed by atoms with van der Waals surface area (Å²) in [5.74, 6) is 1.65. The highest BCUT2D eigenvalue weighted by Crippen LogP contribution is 2.29. The van der Waals surface area contributed by atoms with E-state index in [1.54, 1.807) is 7.11 Å². The number of ether oxygens (including phenoxy) is 2. The number of nitrogens with one attached hydrogen (secondary N) is 2. The summed E-state index contributed by atoms with van der Waals surface area (Å²) in [5.41, 5.74) is 1.23. The van der Waals surface area contributed by atoms with Crippen LogP contribution in [0.5, 0.6) is 5.75 Å². The van der Waals surface area contributed by atoms with Crippen molar-refractivity contribution in [1.82, 2.24) is 10.6 Å². The average Bonchev–Trinajstić information content (AvgIpc) is 2.70. The number of aliphatic hydroxyl groups is 1. The van der Waals surface area contributed by atoms with Crippen molar-refractivity contribution in [2.45, 2.75) is 46.6 Å². The maximum absolute atomic E-state index is 9.38. The third-order valence-electron chi connectivity index (χ3n) is 5.02. The van der Waals surface area contributed by atoms with Crippen molar-refractivity contribution in [3.8, 4) is 5.75 Å². The molecular formula is C21H38IN3O3. The van der Waals surface area contributed by atoms with E-state index < -0.39 is 0 Å². The van der Waals surface area contributed by atoms with Gasteiger partial charge >= 0.3 is 0 Å². The minimum absolute atomic E-state index is 0. The number of benzene rings is 1. The largest absolute Gasteiger partial charge is 0.491 e. The monoisotopic (exact) mass is 507 g/mol. The van der Waals surface area contributed by atoms with Gasteiger partial charge in [0.1, 0.15) is 12.4 Å². The van der Waals surface area contributed by atoms with Crippen molar-refractivity contribution >= 4 is 29.9 Å². The van der Waals surface area contributed by atoms with E-state index in [1.807, 2.05) is 24.3 Å². The van der Waals surface area contributed by atoms with E-state index in [9.17, 15) is 5.11 Å². The Labute approximate surface area is 187 Å². The summed E-state index contributed by atoms with van der Waals surface area (Å²) in [5, 5.41) is 16.1. The number of nitrogens with zero attached hydrogens (tertiary/aromatic N) is 1. The van der Waals surface area contributed by atoms with E-state index in [0.717, 1.165) is 49.6 Å². The highest BCUT2D eigenvalue weighted by atomic mass is 127. The highest BCUT2D eigenvalue weighted by Gasteiger charge is 2.25. The van der Waals surface area contributed by atoms with E-state index in [1.165, 1.54) is 0 Å². The fourth-order valence-corrected chi connectivity index (χ4v) is 2.90. The van der Waals surface area contributed by atoms with Crippen LogP contribution in [-0.4, -0.2) is 51.1 Å². The predicted molar refractivity (Wildman–Crippen MR) is 127 cm³/mol. The van der Waals surface area contributed by atoms with E-state index in [2.05, 4.69) is 31.4 Å². The molecule has 0 spiro atoms. The summed E-state index contributed by atoms with van der Waals surface area (Å²) >= 11 is 0. The van der Waals surface area contributed by atoms with Gasteiger partial charge in [0.2, 0.25) is 0 Å². The number of aliphatic hydroxyl groups excluding tert-OH is 1. The van der Waals surface area contributed by atoms with E-state index >= 15 is 0 Å². The molecule has 162 valence electrons. The van der Waals surface area contributed by atoms with Gasteiger partial charge in [-0.05, 0) is 49.3 Å². The van der Waals surface area contributed by atoms with Gasteiger partial charge in [0, 0.05) is 26.8 Å². The minimum atomic E-state index is 0. The molecule has 1 rings (SSSR count). The van der Waals surface area contributed by atoms with Gasteiger partial charge in [-0.25, -0.2) is 4.99 Å². The normalized spacial score (nSPS) is 11.7. The van der Waals surface area contributed by atoms with Crippen LogP contribution in [0.2, 0.25) is 0 Å². The molecule has 0 radical (unpaired) electrons. The summed E-state index contributed by atoms with van der Waals surface area (Å²) in [6, 6.07) is 7.98. The van der Waals surface area contributed by atoms with E-state index in [0.29, 0.717) is 19.8 Å². The fourth-order valence-electron chi connectivity index (χ4n) is 2.90. The SMILES string of the molecule is CCNC(=NCc1ccc(OCCOC)cc1)NCC(CC)(CC)CCO.I. The van der Waals surface area contributed by atoms with Gasteiger partial charge in [-0.15, -0.1) is 24.0 Å². The molecule has 6 nitrogen and oxygen atoms in total. The Morgan fingerprint density at radius 3 is 2.29 bits per heavy atom. The van der Waals surface area contributed by atoms with Gasteiger partial charge in [0.15, 0.2) is 5.96 Å². The van der Waals surface area contributed by atoms with Crippen molar-refractivity contribution in [3.05, 3.63) is 29.8 Å². The molecule has 7 heteroatoms. The molecule has 0 aliphatic heterocycles. The van der Waals surface area contributed by atoms with Gasteiger partial charge in [-0.1, -0.05) is 26.0 Å². The lowest BCUT2D eigenvalue weighted by molar-refractivity contribution is 0.146. The summed E-state index contributed by atoms with van der Waals surface area (Å²) in [7, 11) is 1.66. The smallest absolute Gasteiger partial charge is 0.191 e. The number of guanidine groups is 1. The van der Waals surface area contributed by atoms with Crippen molar-refractivity contribution < 1.29 is 14.6 Å². The maximum atomic E-state index is 9.38. The zero-order valence-electron chi connectivity index (χ0n) is 17.8. The second-order valence-corrected chi connectivity index (χ2v) is 6.71. The number of methoxy groups -OCH3 is 1. The molecule has 0 saturated carbocycles. The van der Waals surface area contributed by atoms with Gasteiger partial charge in [0.05, 0.1) is 13.2 Å². The first-order valence-electron chi connectivity index (χ1n) is 9.96. The van der Waals surface area contributed by atoms with Crippen molar-refractivity contribution in [2.24, 2.45) is 10.4 Å². The Hall–Kier alpha value is -1.06. The molecule has 0 amide bonds. The average molecular weight is 507 g/mol. The zero-order chi connectivity index (χ0) is 20.0. The summed E-state index contributed by atoms with van der Waals surface area (Å²) in [6.07, 6.45) is 2.86. The molecule has 0 unspecified atom stereocenters. The summed E-state index contributed by atoms with van der Waals surface area (Å²) < 4.78 is 10.6. The lowest BCUT2D eigenvalue weighted by Crippen LogP contribution is -2.43. The summed E-state index contributed by atoms with van der Waals surface area (Å²) in [6.45, 7) is 9.98. The highest BCUT2D eigenvalue weighted by molar-refractivity contribution is 14.0. The van der Waals surface area contributed by atoms with Crippen LogP contribution in [0.1, 0.15) is 45.6 Å². The van der Waals surface area contributed by atoms with Gasteiger partial charge in [-0.3, -0.25) is 0 Å². The third-order valence-corrected chi connectivity index (χ3v) is 5.02. The number of halogens is 1. The molecular weight excluding hydrogens is 469 g/mol. The zero-order valence-corrected chi connectivity index (χ0v) is 20.1. The second kappa shape index (κ2) is 15.8. The van der Waals surface area contributed by atoms with Crippen molar-refractivity contribution in [2.75, 3.05) is 40.0 Å². The molecule has 0 aliphatic carbocycles. The Kier molecular flexibility index (Phi) is 15.2. The van der Waals surface area contributed by atoms with Crippen LogP contribution in [0.3, 0.4) is 0 Å². The van der Waals surface area contributed by atoms with Gasteiger partial charge in [0.25, 0.3) is 0 Å². The first-order valence-corrected chi connectivity index (χ1v) is 9.96. The Bertz CT molecular complexity index is 534.